The Hall–Kier alpha value is -0.173. The highest BCUT2D eigenvalue weighted by atomic mass is 35.5. The average Bonchev–Trinajstić information content (AvgIpc) is 2.60. The van der Waals surface area contributed by atoms with Crippen LogP contribution in [0.1, 0.15) is 19.2 Å². The fourth-order valence-corrected chi connectivity index (χ4v) is 3.88. The average molecular weight is 355 g/mol. The molecule has 0 bridgehead atoms. The third kappa shape index (κ3) is 5.85. The van der Waals surface area contributed by atoms with E-state index in [-0.39, 0.29) is 17.3 Å². The van der Waals surface area contributed by atoms with Crippen molar-refractivity contribution in [3.05, 3.63) is 11.0 Å². The number of hydrogen-bond acceptors (Lipinski definition) is 3. The number of nitrogens with zero attached hydrogens (tertiary/aromatic N) is 2. The van der Waals surface area contributed by atoms with Crippen LogP contribution in [-0.2, 0) is 22.5 Å². The first-order chi connectivity index (χ1) is 9.56. The van der Waals surface area contributed by atoms with Crippen molar-refractivity contribution in [1.82, 2.24) is 9.55 Å². The molecule has 1 aromatic rings. The number of ether oxygens (including phenoxy) is 1. The van der Waals surface area contributed by atoms with Gasteiger partial charge in [0.2, 0.25) is 0 Å². The number of imidazole rings is 1. The molecule has 0 aliphatic heterocycles. The minimum absolute atomic E-state index is 0.0694. The molecule has 1 aromatic heterocycles. The first-order valence-electron chi connectivity index (χ1n) is 6.95. The molecule has 0 saturated heterocycles. The van der Waals surface area contributed by atoms with Crippen molar-refractivity contribution in [2.75, 3.05) is 6.61 Å². The Morgan fingerprint density at radius 2 is 2.00 bits per heavy atom. The maximum absolute atomic E-state index is 11.6. The first kappa shape index (κ1) is 18.9. The molecule has 0 amide bonds. The van der Waals surface area contributed by atoms with Crippen LogP contribution in [0.5, 0.6) is 0 Å². The number of rotatable bonds is 8. The van der Waals surface area contributed by atoms with Gasteiger partial charge in [-0.25, -0.2) is 4.98 Å². The lowest BCUT2D eigenvalue weighted by Crippen LogP contribution is -2.25. The summed E-state index contributed by atoms with van der Waals surface area (Å²) in [5, 5.41) is -0.138. The van der Waals surface area contributed by atoms with Gasteiger partial charge in [-0.15, -0.1) is 0 Å². The number of aryl methyl sites for hydroxylation is 1. The molecule has 122 valence electrons. The molecule has 0 aliphatic carbocycles. The van der Waals surface area contributed by atoms with Crippen molar-refractivity contribution < 1.29 is 19.1 Å². The predicted octanol–water partition coefficient (Wildman–Crippen LogP) is 2.60. The van der Waals surface area contributed by atoms with Crippen LogP contribution in [0, 0.1) is 0 Å². The standard InChI is InChI=1S/C12H24ClN2O4PSi/c1-5-6-10-14-11(13)12(20(16,17)18)15(10)9-19-7-8-21(2,3)4/h5-9H2,1-4H3,(H2,16,17,18). The molecule has 1 heterocycles. The van der Waals surface area contributed by atoms with Gasteiger partial charge < -0.3 is 14.5 Å². The smallest absolute Gasteiger partial charge is 0.361 e. The molecule has 21 heavy (non-hydrogen) atoms. The fraction of sp³-hybridized carbons (Fsp3) is 0.750. The zero-order chi connectivity index (χ0) is 16.3. The van der Waals surface area contributed by atoms with E-state index in [1.165, 1.54) is 4.57 Å². The number of aromatic nitrogens is 2. The van der Waals surface area contributed by atoms with Gasteiger partial charge >= 0.3 is 7.60 Å². The SMILES string of the molecule is CCCc1nc(Cl)c(P(=O)(O)O)n1COCC[Si](C)(C)C. The monoisotopic (exact) mass is 354 g/mol. The number of hydrogen-bond donors (Lipinski definition) is 2. The van der Waals surface area contributed by atoms with Crippen LogP contribution >= 0.6 is 19.2 Å². The maximum Gasteiger partial charge on any atom is 0.375 e. The summed E-state index contributed by atoms with van der Waals surface area (Å²) in [5.74, 6) is 0.550. The van der Waals surface area contributed by atoms with E-state index < -0.39 is 15.7 Å². The quantitative estimate of drug-likeness (QED) is 0.426. The van der Waals surface area contributed by atoms with Gasteiger partial charge in [0.15, 0.2) is 10.6 Å². The molecule has 0 radical (unpaired) electrons. The van der Waals surface area contributed by atoms with E-state index in [2.05, 4.69) is 24.6 Å². The van der Waals surface area contributed by atoms with E-state index in [0.717, 1.165) is 12.5 Å². The molecule has 0 aromatic carbocycles. The second-order valence-corrected chi connectivity index (χ2v) is 13.7. The Morgan fingerprint density at radius 1 is 1.38 bits per heavy atom. The minimum atomic E-state index is -4.48. The molecule has 2 N–H and O–H groups in total. The summed E-state index contributed by atoms with van der Waals surface area (Å²) >= 11 is 5.88. The molecule has 0 unspecified atom stereocenters. The van der Waals surface area contributed by atoms with Crippen LogP contribution in [0.2, 0.25) is 30.8 Å². The lowest BCUT2D eigenvalue weighted by molar-refractivity contribution is 0.0866. The van der Waals surface area contributed by atoms with Crippen LogP contribution in [0.15, 0.2) is 0 Å². The summed E-state index contributed by atoms with van der Waals surface area (Å²) in [6.07, 6.45) is 1.40. The van der Waals surface area contributed by atoms with E-state index in [4.69, 9.17) is 16.3 Å². The summed E-state index contributed by atoms with van der Waals surface area (Å²) in [5.41, 5.74) is -0.249. The van der Waals surface area contributed by atoms with Crippen LogP contribution in [0.4, 0.5) is 0 Å². The molecule has 0 saturated carbocycles. The Labute approximate surface area is 131 Å². The van der Waals surface area contributed by atoms with Crippen LogP contribution in [0.25, 0.3) is 0 Å². The minimum Gasteiger partial charge on any atom is -0.361 e. The normalized spacial score (nSPS) is 12.9. The van der Waals surface area contributed by atoms with Gasteiger partial charge in [-0.05, 0) is 12.5 Å². The molecular formula is C12H24ClN2O4PSi. The second kappa shape index (κ2) is 7.40. The lowest BCUT2D eigenvalue weighted by Gasteiger charge is -2.17. The summed E-state index contributed by atoms with van der Waals surface area (Å²) in [6, 6.07) is 0.990. The zero-order valence-electron chi connectivity index (χ0n) is 13.0. The highest BCUT2D eigenvalue weighted by Crippen LogP contribution is 2.36. The topological polar surface area (TPSA) is 84.6 Å². The van der Waals surface area contributed by atoms with Gasteiger partial charge in [0.25, 0.3) is 0 Å². The van der Waals surface area contributed by atoms with Gasteiger partial charge in [0.05, 0.1) is 0 Å². The fourth-order valence-electron chi connectivity index (χ4n) is 1.82. The van der Waals surface area contributed by atoms with Crippen LogP contribution < -0.4 is 5.44 Å². The van der Waals surface area contributed by atoms with Crippen molar-refractivity contribution in [3.63, 3.8) is 0 Å². The maximum atomic E-state index is 11.6. The lowest BCUT2D eigenvalue weighted by atomic mass is 10.3. The summed E-state index contributed by atoms with van der Waals surface area (Å²) in [7, 11) is -5.68. The number of halogens is 1. The van der Waals surface area contributed by atoms with Crippen molar-refractivity contribution >= 4 is 32.7 Å². The van der Waals surface area contributed by atoms with E-state index in [1.807, 2.05) is 6.92 Å². The molecular weight excluding hydrogens is 331 g/mol. The molecule has 0 atom stereocenters. The Bertz CT molecular complexity index is 524. The highest BCUT2D eigenvalue weighted by molar-refractivity contribution is 7.60. The summed E-state index contributed by atoms with van der Waals surface area (Å²) < 4.78 is 18.6. The summed E-state index contributed by atoms with van der Waals surface area (Å²) in [4.78, 5) is 22.9. The largest absolute Gasteiger partial charge is 0.375 e. The van der Waals surface area contributed by atoms with Crippen molar-refractivity contribution in [2.24, 2.45) is 0 Å². The van der Waals surface area contributed by atoms with Gasteiger partial charge in [-0.1, -0.05) is 38.2 Å². The Balaban J connectivity index is 2.90. The van der Waals surface area contributed by atoms with Gasteiger partial charge in [-0.3, -0.25) is 9.13 Å². The first-order valence-corrected chi connectivity index (χ1v) is 12.6. The molecule has 0 fully saturated rings. The third-order valence-electron chi connectivity index (χ3n) is 2.95. The van der Waals surface area contributed by atoms with E-state index >= 15 is 0 Å². The van der Waals surface area contributed by atoms with Gasteiger partial charge in [-0.2, -0.15) is 0 Å². The van der Waals surface area contributed by atoms with E-state index in [0.29, 0.717) is 18.9 Å². The molecule has 0 spiro atoms. The van der Waals surface area contributed by atoms with Crippen molar-refractivity contribution in [2.45, 2.75) is 52.2 Å². The van der Waals surface area contributed by atoms with E-state index in [1.54, 1.807) is 0 Å². The van der Waals surface area contributed by atoms with Crippen molar-refractivity contribution in [3.8, 4) is 0 Å². The highest BCUT2D eigenvalue weighted by Gasteiger charge is 2.29. The summed E-state index contributed by atoms with van der Waals surface area (Å²) in [6.45, 7) is 9.34. The molecule has 9 heteroatoms. The van der Waals surface area contributed by atoms with Gasteiger partial charge in [0.1, 0.15) is 12.6 Å². The third-order valence-corrected chi connectivity index (χ3v) is 6.05. The van der Waals surface area contributed by atoms with Crippen LogP contribution in [0.3, 0.4) is 0 Å². The Kier molecular flexibility index (Phi) is 6.65. The van der Waals surface area contributed by atoms with E-state index in [9.17, 15) is 14.4 Å². The Morgan fingerprint density at radius 3 is 2.48 bits per heavy atom. The molecule has 1 rings (SSSR count). The van der Waals surface area contributed by atoms with Crippen LogP contribution in [-0.4, -0.2) is 34.0 Å². The second-order valence-electron chi connectivity index (χ2n) is 6.21. The zero-order valence-corrected chi connectivity index (χ0v) is 15.6. The molecule has 0 aliphatic rings. The van der Waals surface area contributed by atoms with Gasteiger partial charge in [0, 0.05) is 21.1 Å². The predicted molar refractivity (Wildman–Crippen MR) is 87.0 cm³/mol. The molecule has 6 nitrogen and oxygen atoms in total. The van der Waals surface area contributed by atoms with Crippen molar-refractivity contribution in [1.29, 1.82) is 0 Å².